The molecule has 27 heavy (non-hydrogen) atoms. The highest BCUT2D eigenvalue weighted by atomic mass is 35.5. The van der Waals surface area contributed by atoms with E-state index in [4.69, 9.17) is 33.3 Å². The van der Waals surface area contributed by atoms with Crippen LogP contribution in [0.3, 0.4) is 0 Å². The zero-order chi connectivity index (χ0) is 19.4. The lowest BCUT2D eigenvalue weighted by molar-refractivity contribution is -0.115. The highest BCUT2D eigenvalue weighted by Gasteiger charge is 2.22. The maximum atomic E-state index is 11.9. The molecule has 1 aliphatic rings. The quantitative estimate of drug-likeness (QED) is 0.410. The van der Waals surface area contributed by atoms with Gasteiger partial charge in [-0.05, 0) is 61.4 Å². The van der Waals surface area contributed by atoms with Gasteiger partial charge in [0.1, 0.15) is 29.0 Å². The largest absolute Gasteiger partial charge is 0.490 e. The van der Waals surface area contributed by atoms with Crippen LogP contribution in [0.25, 0.3) is 6.08 Å². The fourth-order valence-electron chi connectivity index (χ4n) is 2.44. The van der Waals surface area contributed by atoms with Gasteiger partial charge in [0.2, 0.25) is 0 Å². The third kappa shape index (κ3) is 5.25. The van der Waals surface area contributed by atoms with E-state index in [-0.39, 0.29) is 5.91 Å². The summed E-state index contributed by atoms with van der Waals surface area (Å²) in [6, 6.07) is 11.3. The molecule has 3 rings (SSSR count). The Morgan fingerprint density at radius 1 is 1.11 bits per heavy atom. The highest BCUT2D eigenvalue weighted by molar-refractivity contribution is 8.26. The van der Waals surface area contributed by atoms with Gasteiger partial charge in [-0.15, -0.1) is 0 Å². The summed E-state index contributed by atoms with van der Waals surface area (Å²) < 4.78 is 12.0. The topological polar surface area (TPSA) is 47.6 Å². The molecule has 2 aromatic carbocycles. The minimum atomic E-state index is -0.214. The van der Waals surface area contributed by atoms with E-state index in [0.29, 0.717) is 33.2 Å². The van der Waals surface area contributed by atoms with Gasteiger partial charge in [-0.25, -0.2) is 0 Å². The molecule has 0 aliphatic carbocycles. The summed E-state index contributed by atoms with van der Waals surface area (Å²) in [5, 5.41) is 3.16. The number of benzene rings is 2. The Bertz CT molecular complexity index is 927. The van der Waals surface area contributed by atoms with Gasteiger partial charge >= 0.3 is 0 Å². The number of carbonyl (C=O) groups is 1. The Kier molecular flexibility index (Phi) is 6.42. The van der Waals surface area contributed by atoms with Crippen LogP contribution in [0.2, 0.25) is 5.02 Å². The van der Waals surface area contributed by atoms with E-state index in [1.165, 1.54) is 22.9 Å². The van der Waals surface area contributed by atoms with Crippen LogP contribution in [0.1, 0.15) is 16.7 Å². The molecule has 0 aromatic heterocycles. The van der Waals surface area contributed by atoms with Crippen molar-refractivity contribution in [2.45, 2.75) is 13.8 Å². The van der Waals surface area contributed by atoms with E-state index in [9.17, 15) is 4.79 Å². The third-order valence-electron chi connectivity index (χ3n) is 3.99. The number of ether oxygens (including phenoxy) is 2. The monoisotopic (exact) mass is 419 g/mol. The number of aryl methyl sites for hydroxylation is 2. The molecule has 1 fully saturated rings. The maximum Gasteiger partial charge on any atom is 0.263 e. The van der Waals surface area contributed by atoms with Gasteiger partial charge in [-0.2, -0.15) is 0 Å². The number of rotatable bonds is 6. The number of nitrogens with one attached hydrogen (secondary N) is 1. The van der Waals surface area contributed by atoms with Gasteiger partial charge in [0, 0.05) is 10.6 Å². The maximum absolute atomic E-state index is 11.9. The second-order valence-corrected chi connectivity index (χ2v) is 8.13. The van der Waals surface area contributed by atoms with Crippen LogP contribution in [0.15, 0.2) is 41.3 Å². The molecule has 1 amide bonds. The average molecular weight is 420 g/mol. The van der Waals surface area contributed by atoms with Crippen LogP contribution in [0.5, 0.6) is 11.5 Å². The first kappa shape index (κ1) is 19.7. The number of thioether (sulfide) groups is 1. The predicted molar refractivity (Wildman–Crippen MR) is 115 cm³/mol. The van der Waals surface area contributed by atoms with E-state index >= 15 is 0 Å². The Hall–Kier alpha value is -2.02. The van der Waals surface area contributed by atoms with Gasteiger partial charge in [0.05, 0.1) is 4.91 Å². The molecule has 4 nitrogen and oxygen atoms in total. The van der Waals surface area contributed by atoms with Crippen molar-refractivity contribution >= 4 is 51.9 Å². The second kappa shape index (κ2) is 8.78. The minimum absolute atomic E-state index is 0.214. The summed E-state index contributed by atoms with van der Waals surface area (Å²) in [4.78, 5) is 12.4. The molecule has 0 bridgehead atoms. The Labute approximate surface area is 172 Å². The van der Waals surface area contributed by atoms with Gasteiger partial charge in [0.25, 0.3) is 5.91 Å². The fraction of sp³-hybridized carbons (Fsp3) is 0.200. The standard InChI is InChI=1S/C20H18ClNO3S2/c1-12-3-5-16(9-13(12)2)24-7-8-25-17-6-4-15(21)10-14(17)11-18-19(23)22-20(26)27-18/h3-6,9-11H,7-8H2,1-2H3,(H,22,23,26). The smallest absolute Gasteiger partial charge is 0.263 e. The summed E-state index contributed by atoms with van der Waals surface area (Å²) in [6.45, 7) is 4.88. The molecule has 140 valence electrons. The molecule has 0 radical (unpaired) electrons. The number of hydrogen-bond acceptors (Lipinski definition) is 5. The lowest BCUT2D eigenvalue weighted by Gasteiger charge is -2.12. The number of hydrogen-bond donors (Lipinski definition) is 1. The van der Waals surface area contributed by atoms with Crippen molar-refractivity contribution in [2.24, 2.45) is 0 Å². The van der Waals surface area contributed by atoms with Crippen molar-refractivity contribution in [3.05, 3.63) is 63.0 Å². The molecular formula is C20H18ClNO3S2. The zero-order valence-electron chi connectivity index (χ0n) is 14.9. The molecule has 1 aliphatic heterocycles. The number of halogens is 1. The first-order chi connectivity index (χ1) is 12.9. The summed E-state index contributed by atoms with van der Waals surface area (Å²) in [5.74, 6) is 1.23. The van der Waals surface area contributed by atoms with E-state index in [1.54, 1.807) is 24.3 Å². The van der Waals surface area contributed by atoms with Crippen molar-refractivity contribution < 1.29 is 14.3 Å². The Morgan fingerprint density at radius 2 is 1.89 bits per heavy atom. The van der Waals surface area contributed by atoms with Crippen LogP contribution in [-0.4, -0.2) is 23.4 Å². The van der Waals surface area contributed by atoms with Crippen LogP contribution < -0.4 is 14.8 Å². The lowest BCUT2D eigenvalue weighted by Crippen LogP contribution is -2.17. The molecule has 1 saturated heterocycles. The van der Waals surface area contributed by atoms with E-state index in [0.717, 1.165) is 11.3 Å². The van der Waals surface area contributed by atoms with Gasteiger partial charge < -0.3 is 14.8 Å². The highest BCUT2D eigenvalue weighted by Crippen LogP contribution is 2.31. The van der Waals surface area contributed by atoms with Crippen molar-refractivity contribution in [1.29, 1.82) is 0 Å². The second-order valence-electron chi connectivity index (χ2n) is 5.98. The van der Waals surface area contributed by atoms with Crippen molar-refractivity contribution in [3.8, 4) is 11.5 Å². The molecular weight excluding hydrogens is 402 g/mol. The average Bonchev–Trinajstić information content (AvgIpc) is 2.93. The third-order valence-corrected chi connectivity index (χ3v) is 5.39. The van der Waals surface area contributed by atoms with E-state index in [2.05, 4.69) is 19.2 Å². The molecule has 0 unspecified atom stereocenters. The number of amides is 1. The first-order valence-electron chi connectivity index (χ1n) is 8.29. The van der Waals surface area contributed by atoms with Crippen molar-refractivity contribution in [3.63, 3.8) is 0 Å². The molecule has 7 heteroatoms. The summed E-state index contributed by atoms with van der Waals surface area (Å²) in [5.41, 5.74) is 3.13. The molecule has 0 atom stereocenters. The molecule has 0 spiro atoms. The van der Waals surface area contributed by atoms with E-state index in [1.807, 2.05) is 18.2 Å². The number of carbonyl (C=O) groups excluding carboxylic acids is 1. The zero-order valence-corrected chi connectivity index (χ0v) is 17.3. The Balaban J connectivity index is 1.65. The summed E-state index contributed by atoms with van der Waals surface area (Å²) in [6.07, 6.45) is 1.73. The van der Waals surface area contributed by atoms with Gasteiger partial charge in [0.15, 0.2) is 0 Å². The molecule has 2 aromatic rings. The lowest BCUT2D eigenvalue weighted by atomic mass is 10.1. The first-order valence-corrected chi connectivity index (χ1v) is 9.90. The molecule has 1 heterocycles. The number of thiocarbonyl (C=S) groups is 1. The van der Waals surface area contributed by atoms with Crippen LogP contribution in [0, 0.1) is 13.8 Å². The SMILES string of the molecule is Cc1ccc(OCCOc2ccc(Cl)cc2C=C2SC(=S)NC2=O)cc1C. The van der Waals surface area contributed by atoms with Crippen LogP contribution in [-0.2, 0) is 4.79 Å². The van der Waals surface area contributed by atoms with Gasteiger partial charge in [-0.1, -0.05) is 41.6 Å². The predicted octanol–water partition coefficient (Wildman–Crippen LogP) is 4.90. The van der Waals surface area contributed by atoms with E-state index < -0.39 is 0 Å². The normalized spacial score (nSPS) is 15.1. The summed E-state index contributed by atoms with van der Waals surface area (Å²) >= 11 is 12.3. The van der Waals surface area contributed by atoms with Crippen LogP contribution in [0.4, 0.5) is 0 Å². The Morgan fingerprint density at radius 3 is 2.59 bits per heavy atom. The summed E-state index contributed by atoms with van der Waals surface area (Å²) in [7, 11) is 0. The van der Waals surface area contributed by atoms with Crippen molar-refractivity contribution in [2.75, 3.05) is 13.2 Å². The molecule has 1 N–H and O–H groups in total. The van der Waals surface area contributed by atoms with Crippen LogP contribution >= 0.6 is 35.6 Å². The minimum Gasteiger partial charge on any atom is -0.490 e. The fourth-order valence-corrected chi connectivity index (χ4v) is 3.66. The van der Waals surface area contributed by atoms with Gasteiger partial charge in [-0.3, -0.25) is 4.79 Å². The molecule has 0 saturated carbocycles. The van der Waals surface area contributed by atoms with Crippen molar-refractivity contribution in [1.82, 2.24) is 5.32 Å².